The Balaban J connectivity index is 1.41. The molecule has 2 amide bonds. The first-order chi connectivity index (χ1) is 18.7. The number of Topliss-reactive ketones (excluding diaryl/α,β-unsaturated/α-hetero) is 1. The zero-order chi connectivity index (χ0) is 28.0. The topological polar surface area (TPSA) is 120 Å². The average molecular weight is 539 g/mol. The SMILES string of the molecule is COC(=O)NC(C(=O)N1CC2(CC1C(=O)OCC(=O)c1ccc(Cc3ccccc3)cc1)OCCO2)C(C)C. The van der Waals surface area contributed by atoms with Gasteiger partial charge in [0.15, 0.2) is 18.2 Å². The minimum Gasteiger partial charge on any atom is -0.456 e. The summed E-state index contributed by atoms with van der Waals surface area (Å²) in [7, 11) is 1.20. The highest BCUT2D eigenvalue weighted by atomic mass is 16.7. The van der Waals surface area contributed by atoms with E-state index in [0.29, 0.717) is 18.8 Å². The zero-order valence-electron chi connectivity index (χ0n) is 22.4. The van der Waals surface area contributed by atoms with E-state index in [1.807, 2.05) is 42.5 Å². The number of alkyl carbamates (subject to hydrolysis) is 1. The summed E-state index contributed by atoms with van der Waals surface area (Å²) in [6.07, 6.45) is 0.0382. The number of hydrogen-bond acceptors (Lipinski definition) is 8. The number of methoxy groups -OCH3 is 1. The number of rotatable bonds is 9. The molecule has 0 aromatic heterocycles. The van der Waals surface area contributed by atoms with Crippen molar-refractivity contribution in [2.75, 3.05) is 33.5 Å². The lowest BCUT2D eigenvalue weighted by molar-refractivity contribution is -0.153. The number of ether oxygens (including phenoxy) is 4. The van der Waals surface area contributed by atoms with Gasteiger partial charge in [0.1, 0.15) is 12.1 Å². The zero-order valence-corrected chi connectivity index (χ0v) is 22.4. The molecule has 2 unspecified atom stereocenters. The van der Waals surface area contributed by atoms with Gasteiger partial charge < -0.3 is 29.2 Å². The molecule has 208 valence electrons. The first kappa shape index (κ1) is 28.3. The Hall–Kier alpha value is -3.76. The molecule has 2 fully saturated rings. The second-order valence-electron chi connectivity index (χ2n) is 10.0. The maximum absolute atomic E-state index is 13.5. The quantitative estimate of drug-likeness (QED) is 0.382. The molecular weight excluding hydrogens is 504 g/mol. The van der Waals surface area contributed by atoms with Crippen LogP contribution in [-0.4, -0.2) is 80.0 Å². The smallest absolute Gasteiger partial charge is 0.407 e. The molecule has 2 heterocycles. The predicted octanol–water partition coefficient (Wildman–Crippen LogP) is 2.73. The average Bonchev–Trinajstić information content (AvgIpc) is 3.57. The van der Waals surface area contributed by atoms with E-state index in [9.17, 15) is 19.2 Å². The van der Waals surface area contributed by atoms with Gasteiger partial charge in [-0.1, -0.05) is 68.4 Å². The van der Waals surface area contributed by atoms with E-state index in [4.69, 9.17) is 14.2 Å². The van der Waals surface area contributed by atoms with Crippen LogP contribution in [-0.2, 0) is 35.0 Å². The van der Waals surface area contributed by atoms with Gasteiger partial charge in [0.2, 0.25) is 5.91 Å². The highest BCUT2D eigenvalue weighted by Gasteiger charge is 2.54. The van der Waals surface area contributed by atoms with Gasteiger partial charge in [0, 0.05) is 12.0 Å². The third kappa shape index (κ3) is 6.82. The van der Waals surface area contributed by atoms with Gasteiger partial charge in [-0.15, -0.1) is 0 Å². The second-order valence-corrected chi connectivity index (χ2v) is 10.0. The fraction of sp³-hybridized carbons (Fsp3) is 0.448. The number of nitrogens with zero attached hydrogens (tertiary/aromatic N) is 1. The van der Waals surface area contributed by atoms with E-state index >= 15 is 0 Å². The first-order valence-corrected chi connectivity index (χ1v) is 13.0. The Labute approximate surface area is 227 Å². The summed E-state index contributed by atoms with van der Waals surface area (Å²) >= 11 is 0. The maximum Gasteiger partial charge on any atom is 0.407 e. The van der Waals surface area contributed by atoms with Gasteiger partial charge in [-0.2, -0.15) is 0 Å². The van der Waals surface area contributed by atoms with Crippen LogP contribution in [0.25, 0.3) is 0 Å². The molecule has 10 heteroatoms. The lowest BCUT2D eigenvalue weighted by atomic mass is 10.0. The van der Waals surface area contributed by atoms with Gasteiger partial charge in [-0.25, -0.2) is 9.59 Å². The van der Waals surface area contributed by atoms with Crippen molar-refractivity contribution in [2.24, 2.45) is 5.92 Å². The Kier molecular flexibility index (Phi) is 8.98. The molecule has 2 aromatic carbocycles. The minimum atomic E-state index is -1.13. The summed E-state index contributed by atoms with van der Waals surface area (Å²) in [6.45, 7) is 3.72. The normalized spacial score (nSPS) is 18.7. The molecule has 0 aliphatic carbocycles. The predicted molar refractivity (Wildman–Crippen MR) is 140 cm³/mol. The highest BCUT2D eigenvalue weighted by Crippen LogP contribution is 2.36. The summed E-state index contributed by atoms with van der Waals surface area (Å²) in [5, 5.41) is 2.53. The number of ketones is 1. The van der Waals surface area contributed by atoms with Crippen molar-refractivity contribution in [3.8, 4) is 0 Å². The Morgan fingerprint density at radius 2 is 1.64 bits per heavy atom. The lowest BCUT2D eigenvalue weighted by Crippen LogP contribution is -2.54. The van der Waals surface area contributed by atoms with Crippen molar-refractivity contribution < 1.29 is 38.1 Å². The van der Waals surface area contributed by atoms with Crippen molar-refractivity contribution in [3.63, 3.8) is 0 Å². The number of esters is 1. The van der Waals surface area contributed by atoms with Crippen LogP contribution in [0.15, 0.2) is 54.6 Å². The van der Waals surface area contributed by atoms with Crippen LogP contribution in [0.1, 0.15) is 41.8 Å². The number of likely N-dealkylation sites (tertiary alicyclic amines) is 1. The molecule has 4 rings (SSSR count). The first-order valence-electron chi connectivity index (χ1n) is 13.0. The molecule has 0 bridgehead atoms. The highest BCUT2D eigenvalue weighted by molar-refractivity contribution is 5.98. The second kappa shape index (κ2) is 12.4. The lowest BCUT2D eigenvalue weighted by Gasteiger charge is -2.29. The summed E-state index contributed by atoms with van der Waals surface area (Å²) in [4.78, 5) is 52.6. The van der Waals surface area contributed by atoms with Crippen LogP contribution in [0.3, 0.4) is 0 Å². The molecule has 0 saturated carbocycles. The van der Waals surface area contributed by atoms with Crippen LogP contribution in [0, 0.1) is 5.92 Å². The number of nitrogens with one attached hydrogen (secondary N) is 1. The standard InChI is InChI=1S/C29H34N2O8/c1-19(2)25(30-28(35)36-3)26(33)31-18-29(38-13-14-39-29)16-23(31)27(34)37-17-24(32)22-11-9-21(10-12-22)15-20-7-5-4-6-8-20/h4-12,19,23,25H,13-18H2,1-3H3,(H,30,35). The molecule has 10 nitrogen and oxygen atoms in total. The minimum absolute atomic E-state index is 0.00546. The van der Waals surface area contributed by atoms with E-state index in [1.165, 1.54) is 12.0 Å². The van der Waals surface area contributed by atoms with E-state index in [1.54, 1.807) is 26.0 Å². The number of amides is 2. The molecule has 0 radical (unpaired) electrons. The molecule has 2 saturated heterocycles. The third-order valence-electron chi connectivity index (χ3n) is 6.92. The fourth-order valence-corrected chi connectivity index (χ4v) is 4.82. The molecule has 2 atom stereocenters. The molecule has 1 spiro atoms. The van der Waals surface area contributed by atoms with E-state index in [2.05, 4.69) is 10.1 Å². The molecule has 1 N–H and O–H groups in total. The number of carbonyl (C=O) groups is 4. The van der Waals surface area contributed by atoms with Gasteiger partial charge >= 0.3 is 12.1 Å². The third-order valence-corrected chi connectivity index (χ3v) is 6.92. The van der Waals surface area contributed by atoms with Gasteiger partial charge in [0.25, 0.3) is 0 Å². The van der Waals surface area contributed by atoms with E-state index < -0.39 is 42.4 Å². The Bertz CT molecular complexity index is 1180. The summed E-state index contributed by atoms with van der Waals surface area (Å²) in [6, 6.07) is 15.2. The van der Waals surface area contributed by atoms with Crippen molar-refractivity contribution in [2.45, 2.75) is 44.6 Å². The van der Waals surface area contributed by atoms with Crippen LogP contribution >= 0.6 is 0 Å². The Morgan fingerprint density at radius 1 is 1.00 bits per heavy atom. The largest absolute Gasteiger partial charge is 0.456 e. The van der Waals surface area contributed by atoms with E-state index in [-0.39, 0.29) is 24.7 Å². The molecule has 2 aliphatic rings. The fourth-order valence-electron chi connectivity index (χ4n) is 4.82. The summed E-state index contributed by atoms with van der Waals surface area (Å²) in [5.41, 5.74) is 2.63. The van der Waals surface area contributed by atoms with Crippen molar-refractivity contribution >= 4 is 23.8 Å². The van der Waals surface area contributed by atoms with Crippen molar-refractivity contribution in [3.05, 3.63) is 71.3 Å². The van der Waals surface area contributed by atoms with Crippen LogP contribution in [0.5, 0.6) is 0 Å². The van der Waals surface area contributed by atoms with Crippen LogP contribution in [0.4, 0.5) is 4.79 Å². The maximum atomic E-state index is 13.5. The molecule has 2 aliphatic heterocycles. The van der Waals surface area contributed by atoms with Crippen LogP contribution < -0.4 is 5.32 Å². The monoisotopic (exact) mass is 538 g/mol. The number of benzene rings is 2. The Morgan fingerprint density at radius 3 is 2.26 bits per heavy atom. The van der Waals surface area contributed by atoms with Gasteiger partial charge in [0.05, 0.1) is 26.9 Å². The van der Waals surface area contributed by atoms with Crippen molar-refractivity contribution in [1.29, 1.82) is 0 Å². The summed E-state index contributed by atoms with van der Waals surface area (Å²) in [5.74, 6) is -3.02. The number of carbonyl (C=O) groups excluding carboxylic acids is 4. The molecular formula is C29H34N2O8. The van der Waals surface area contributed by atoms with Crippen molar-refractivity contribution in [1.82, 2.24) is 10.2 Å². The van der Waals surface area contributed by atoms with E-state index in [0.717, 1.165) is 17.5 Å². The molecule has 2 aromatic rings. The summed E-state index contributed by atoms with van der Waals surface area (Å²) < 4.78 is 21.5. The van der Waals surface area contributed by atoms with Gasteiger partial charge in [-0.05, 0) is 23.5 Å². The molecule has 39 heavy (non-hydrogen) atoms. The van der Waals surface area contributed by atoms with Gasteiger partial charge in [-0.3, -0.25) is 9.59 Å². The number of hydrogen-bond donors (Lipinski definition) is 1. The van der Waals surface area contributed by atoms with Crippen LogP contribution in [0.2, 0.25) is 0 Å².